The third-order valence-corrected chi connectivity index (χ3v) is 3.62. The molecule has 1 N–H and O–H groups in total. The molecule has 2 heteroatoms. The number of likely N-dealkylation sites (N-methyl/N-ethyl adjacent to an activating group) is 1. The van der Waals surface area contributed by atoms with E-state index < -0.39 is 0 Å². The maximum atomic E-state index is 5.91. The molecule has 0 aliphatic rings. The van der Waals surface area contributed by atoms with Gasteiger partial charge in [-0.2, -0.15) is 0 Å². The molecule has 2 atom stereocenters. The van der Waals surface area contributed by atoms with Gasteiger partial charge in [-0.25, -0.2) is 0 Å². The SMILES string of the molecule is CNC(Cc1ccc(Cl)cc1)CC(C)CC(C)C. The Hall–Kier alpha value is -0.530. The molecule has 0 bridgehead atoms. The van der Waals surface area contributed by atoms with Gasteiger partial charge in [-0.05, 0) is 55.8 Å². The lowest BCUT2D eigenvalue weighted by atomic mass is 9.90. The molecule has 2 unspecified atom stereocenters. The molecule has 0 radical (unpaired) electrons. The van der Waals surface area contributed by atoms with Gasteiger partial charge < -0.3 is 5.32 Å². The second kappa shape index (κ2) is 7.81. The Morgan fingerprint density at radius 3 is 2.17 bits per heavy atom. The van der Waals surface area contributed by atoms with Gasteiger partial charge in [0, 0.05) is 11.1 Å². The van der Waals surface area contributed by atoms with Crippen molar-refractivity contribution in [2.24, 2.45) is 11.8 Å². The number of benzene rings is 1. The van der Waals surface area contributed by atoms with Crippen molar-refractivity contribution >= 4 is 11.6 Å². The predicted octanol–water partition coefficient (Wildman–Crippen LogP) is 4.54. The highest BCUT2D eigenvalue weighted by Crippen LogP contribution is 2.19. The summed E-state index contributed by atoms with van der Waals surface area (Å²) in [6.07, 6.45) is 3.62. The third kappa shape index (κ3) is 5.88. The van der Waals surface area contributed by atoms with Crippen LogP contribution in [0.2, 0.25) is 5.02 Å². The number of hydrogen-bond donors (Lipinski definition) is 1. The van der Waals surface area contributed by atoms with Gasteiger partial charge in [0.05, 0.1) is 0 Å². The predicted molar refractivity (Wildman–Crippen MR) is 81.2 cm³/mol. The summed E-state index contributed by atoms with van der Waals surface area (Å²) >= 11 is 5.91. The molecule has 1 aromatic rings. The van der Waals surface area contributed by atoms with Gasteiger partial charge >= 0.3 is 0 Å². The Labute approximate surface area is 117 Å². The summed E-state index contributed by atoms with van der Waals surface area (Å²) in [4.78, 5) is 0. The number of halogens is 1. The highest BCUT2D eigenvalue weighted by molar-refractivity contribution is 6.30. The fourth-order valence-corrected chi connectivity index (χ4v) is 2.72. The molecule has 0 fully saturated rings. The number of hydrogen-bond acceptors (Lipinski definition) is 1. The molecule has 0 aromatic heterocycles. The summed E-state index contributed by atoms with van der Waals surface area (Å²) in [6, 6.07) is 8.75. The zero-order chi connectivity index (χ0) is 13.5. The van der Waals surface area contributed by atoms with Crippen LogP contribution in [0.3, 0.4) is 0 Å². The molecule has 0 aliphatic heterocycles. The van der Waals surface area contributed by atoms with Crippen molar-refractivity contribution < 1.29 is 0 Å². The lowest BCUT2D eigenvalue weighted by molar-refractivity contribution is 0.361. The van der Waals surface area contributed by atoms with E-state index in [0.29, 0.717) is 6.04 Å². The first-order valence-corrected chi connectivity index (χ1v) is 7.30. The van der Waals surface area contributed by atoms with Crippen LogP contribution in [-0.4, -0.2) is 13.1 Å². The van der Waals surface area contributed by atoms with E-state index in [1.54, 1.807) is 0 Å². The van der Waals surface area contributed by atoms with Gasteiger partial charge in [0.15, 0.2) is 0 Å². The van der Waals surface area contributed by atoms with E-state index in [1.807, 2.05) is 12.1 Å². The molecule has 1 rings (SSSR count). The monoisotopic (exact) mass is 267 g/mol. The van der Waals surface area contributed by atoms with E-state index in [2.05, 4.69) is 45.3 Å². The standard InChI is InChI=1S/C16H26ClN/c1-12(2)9-13(3)10-16(18-4)11-14-5-7-15(17)8-6-14/h5-8,12-13,16,18H,9-11H2,1-4H3. The van der Waals surface area contributed by atoms with Gasteiger partial charge in [-0.15, -0.1) is 0 Å². The number of rotatable bonds is 7. The molecule has 102 valence electrons. The van der Waals surface area contributed by atoms with Crippen molar-refractivity contribution in [1.82, 2.24) is 5.32 Å². The Kier molecular flexibility index (Phi) is 6.73. The fourth-order valence-electron chi connectivity index (χ4n) is 2.59. The van der Waals surface area contributed by atoms with E-state index in [9.17, 15) is 0 Å². The topological polar surface area (TPSA) is 12.0 Å². The fraction of sp³-hybridized carbons (Fsp3) is 0.625. The van der Waals surface area contributed by atoms with Gasteiger partial charge in [0.2, 0.25) is 0 Å². The number of nitrogens with one attached hydrogen (secondary N) is 1. The van der Waals surface area contributed by atoms with Crippen LogP contribution in [0.4, 0.5) is 0 Å². The maximum absolute atomic E-state index is 5.91. The molecule has 0 saturated carbocycles. The summed E-state index contributed by atoms with van der Waals surface area (Å²) < 4.78 is 0. The van der Waals surface area contributed by atoms with Crippen molar-refractivity contribution in [3.05, 3.63) is 34.9 Å². The van der Waals surface area contributed by atoms with Crippen molar-refractivity contribution in [1.29, 1.82) is 0 Å². The van der Waals surface area contributed by atoms with Crippen LogP contribution in [0.25, 0.3) is 0 Å². The summed E-state index contributed by atoms with van der Waals surface area (Å²) in [7, 11) is 2.06. The van der Waals surface area contributed by atoms with E-state index >= 15 is 0 Å². The van der Waals surface area contributed by atoms with E-state index in [4.69, 9.17) is 11.6 Å². The Morgan fingerprint density at radius 1 is 1.06 bits per heavy atom. The molecule has 1 aromatic carbocycles. The Bertz CT molecular complexity index is 331. The molecule has 0 amide bonds. The molecule has 1 nitrogen and oxygen atoms in total. The Balaban J connectivity index is 2.48. The Morgan fingerprint density at radius 2 is 1.67 bits per heavy atom. The second-order valence-electron chi connectivity index (χ2n) is 5.79. The van der Waals surface area contributed by atoms with Gasteiger partial charge in [-0.3, -0.25) is 0 Å². The quantitative estimate of drug-likeness (QED) is 0.765. The van der Waals surface area contributed by atoms with Gasteiger partial charge in [-0.1, -0.05) is 44.5 Å². The molecule has 0 spiro atoms. The minimum atomic E-state index is 0.555. The minimum absolute atomic E-state index is 0.555. The van der Waals surface area contributed by atoms with Crippen LogP contribution in [0.1, 0.15) is 39.2 Å². The van der Waals surface area contributed by atoms with Crippen molar-refractivity contribution in [3.8, 4) is 0 Å². The summed E-state index contributed by atoms with van der Waals surface area (Å²) in [5.41, 5.74) is 1.36. The average molecular weight is 268 g/mol. The van der Waals surface area contributed by atoms with Crippen molar-refractivity contribution in [2.75, 3.05) is 7.05 Å². The normalized spacial score (nSPS) is 14.8. The molecular weight excluding hydrogens is 242 g/mol. The summed E-state index contributed by atoms with van der Waals surface area (Å²) in [5.74, 6) is 1.56. The first-order chi connectivity index (χ1) is 8.51. The van der Waals surface area contributed by atoms with Crippen LogP contribution in [0, 0.1) is 11.8 Å². The largest absolute Gasteiger partial charge is 0.317 e. The first kappa shape index (κ1) is 15.5. The average Bonchev–Trinajstić information content (AvgIpc) is 2.30. The van der Waals surface area contributed by atoms with Crippen molar-refractivity contribution in [2.45, 2.75) is 46.1 Å². The zero-order valence-corrected chi connectivity index (χ0v) is 12.8. The first-order valence-electron chi connectivity index (χ1n) is 6.93. The molecule has 18 heavy (non-hydrogen) atoms. The van der Waals surface area contributed by atoms with Crippen LogP contribution in [-0.2, 0) is 6.42 Å². The minimum Gasteiger partial charge on any atom is -0.317 e. The van der Waals surface area contributed by atoms with E-state index in [1.165, 1.54) is 18.4 Å². The highest BCUT2D eigenvalue weighted by Gasteiger charge is 2.13. The molecular formula is C16H26ClN. The van der Waals surface area contributed by atoms with Gasteiger partial charge in [0.25, 0.3) is 0 Å². The smallest absolute Gasteiger partial charge is 0.0406 e. The van der Waals surface area contributed by atoms with Crippen LogP contribution in [0.15, 0.2) is 24.3 Å². The van der Waals surface area contributed by atoms with Gasteiger partial charge in [0.1, 0.15) is 0 Å². The zero-order valence-electron chi connectivity index (χ0n) is 12.0. The highest BCUT2D eigenvalue weighted by atomic mass is 35.5. The van der Waals surface area contributed by atoms with Crippen LogP contribution < -0.4 is 5.32 Å². The lowest BCUT2D eigenvalue weighted by Crippen LogP contribution is -2.29. The molecule has 0 aliphatic carbocycles. The van der Waals surface area contributed by atoms with Crippen molar-refractivity contribution in [3.63, 3.8) is 0 Å². The molecule has 0 saturated heterocycles. The maximum Gasteiger partial charge on any atom is 0.0406 e. The summed E-state index contributed by atoms with van der Waals surface area (Å²) in [5, 5.41) is 4.25. The van der Waals surface area contributed by atoms with Crippen LogP contribution >= 0.6 is 11.6 Å². The lowest BCUT2D eigenvalue weighted by Gasteiger charge is -2.22. The van der Waals surface area contributed by atoms with E-state index in [-0.39, 0.29) is 0 Å². The summed E-state index contributed by atoms with van der Waals surface area (Å²) in [6.45, 7) is 6.94. The second-order valence-corrected chi connectivity index (χ2v) is 6.22. The van der Waals surface area contributed by atoms with E-state index in [0.717, 1.165) is 23.3 Å². The van der Waals surface area contributed by atoms with Crippen LogP contribution in [0.5, 0.6) is 0 Å². The molecule has 0 heterocycles. The third-order valence-electron chi connectivity index (χ3n) is 3.36.